The van der Waals surface area contributed by atoms with Crippen LogP contribution in [0.3, 0.4) is 0 Å². The van der Waals surface area contributed by atoms with Gasteiger partial charge in [-0.05, 0) is 36.7 Å². The number of para-hydroxylation sites is 1. The first-order valence-electron chi connectivity index (χ1n) is 6.63. The van der Waals surface area contributed by atoms with Crippen molar-refractivity contribution >= 4 is 10.8 Å². The van der Waals surface area contributed by atoms with Gasteiger partial charge in [0.25, 0.3) is 0 Å². The molecule has 0 amide bonds. The fourth-order valence-electron chi connectivity index (χ4n) is 2.17. The number of fused-ring (bicyclic) bond motifs is 1. The molecule has 0 unspecified atom stereocenters. The summed E-state index contributed by atoms with van der Waals surface area (Å²) >= 11 is 0. The van der Waals surface area contributed by atoms with E-state index >= 15 is 0 Å². The molecular weight excluding hydrogens is 248 g/mol. The van der Waals surface area contributed by atoms with Crippen molar-refractivity contribution in [3.63, 3.8) is 0 Å². The summed E-state index contributed by atoms with van der Waals surface area (Å²) in [6.07, 6.45) is 0. The summed E-state index contributed by atoms with van der Waals surface area (Å²) in [7, 11) is 1.91. The molecule has 1 N–H and O–H groups in total. The summed E-state index contributed by atoms with van der Waals surface area (Å²) in [5.74, 6) is 1.45. The van der Waals surface area contributed by atoms with Crippen LogP contribution in [0.2, 0.25) is 0 Å². The predicted octanol–water partition coefficient (Wildman–Crippen LogP) is 3.75. The molecule has 0 aliphatic carbocycles. The SMILES string of the molecule is CNCc1cc2ccccc2c(Oc2ccccc2)n1. The minimum Gasteiger partial charge on any atom is -0.438 e. The zero-order valence-corrected chi connectivity index (χ0v) is 11.3. The molecule has 3 nitrogen and oxygen atoms in total. The molecule has 1 heterocycles. The summed E-state index contributed by atoms with van der Waals surface area (Å²) in [5, 5.41) is 5.28. The van der Waals surface area contributed by atoms with Gasteiger partial charge < -0.3 is 10.1 Å². The number of hydrogen-bond donors (Lipinski definition) is 1. The van der Waals surface area contributed by atoms with Crippen LogP contribution >= 0.6 is 0 Å². The maximum Gasteiger partial charge on any atom is 0.227 e. The van der Waals surface area contributed by atoms with E-state index in [4.69, 9.17) is 4.74 Å². The third-order valence-corrected chi connectivity index (χ3v) is 3.07. The van der Waals surface area contributed by atoms with E-state index < -0.39 is 0 Å². The predicted molar refractivity (Wildman–Crippen MR) is 81.0 cm³/mol. The van der Waals surface area contributed by atoms with Gasteiger partial charge >= 0.3 is 0 Å². The number of aromatic nitrogens is 1. The zero-order chi connectivity index (χ0) is 13.8. The molecule has 0 fully saturated rings. The average molecular weight is 264 g/mol. The van der Waals surface area contributed by atoms with Crippen LogP contribution in [0.5, 0.6) is 11.6 Å². The topological polar surface area (TPSA) is 34.1 Å². The third kappa shape index (κ3) is 2.63. The molecule has 1 aromatic heterocycles. The van der Waals surface area contributed by atoms with Crippen molar-refractivity contribution in [2.45, 2.75) is 6.54 Å². The van der Waals surface area contributed by atoms with Crippen LogP contribution in [0.4, 0.5) is 0 Å². The summed E-state index contributed by atoms with van der Waals surface area (Å²) in [6, 6.07) is 20.0. The normalized spacial score (nSPS) is 10.7. The lowest BCUT2D eigenvalue weighted by Gasteiger charge is -2.10. The highest BCUT2D eigenvalue weighted by molar-refractivity contribution is 5.87. The van der Waals surface area contributed by atoms with E-state index in [1.807, 2.05) is 55.6 Å². The standard InChI is InChI=1S/C17H16N2O/c1-18-12-14-11-13-7-5-6-10-16(13)17(19-14)20-15-8-3-2-4-9-15/h2-11,18H,12H2,1H3. The van der Waals surface area contributed by atoms with E-state index in [-0.39, 0.29) is 0 Å². The molecule has 0 saturated heterocycles. The van der Waals surface area contributed by atoms with Gasteiger partial charge in [0.1, 0.15) is 5.75 Å². The molecule has 3 aromatic rings. The van der Waals surface area contributed by atoms with E-state index in [2.05, 4.69) is 22.4 Å². The smallest absolute Gasteiger partial charge is 0.227 e. The Kier molecular flexibility index (Phi) is 3.61. The molecule has 3 rings (SSSR count). The highest BCUT2D eigenvalue weighted by atomic mass is 16.5. The Morgan fingerprint density at radius 1 is 1.00 bits per heavy atom. The zero-order valence-electron chi connectivity index (χ0n) is 11.3. The lowest BCUT2D eigenvalue weighted by Crippen LogP contribution is -2.07. The molecule has 0 aliphatic heterocycles. The maximum absolute atomic E-state index is 5.94. The number of hydrogen-bond acceptors (Lipinski definition) is 3. The Labute approximate surface area is 118 Å². The number of ether oxygens (including phenoxy) is 1. The molecule has 0 aliphatic rings. The minimum atomic E-state index is 0.652. The van der Waals surface area contributed by atoms with Crippen molar-refractivity contribution in [2.24, 2.45) is 0 Å². The summed E-state index contributed by atoms with van der Waals surface area (Å²) in [4.78, 5) is 4.60. The van der Waals surface area contributed by atoms with E-state index in [9.17, 15) is 0 Å². The average Bonchev–Trinajstić information content (AvgIpc) is 2.49. The molecule has 0 bridgehead atoms. The fourth-order valence-corrected chi connectivity index (χ4v) is 2.17. The summed E-state index contributed by atoms with van der Waals surface area (Å²) < 4.78 is 5.94. The van der Waals surface area contributed by atoms with Gasteiger partial charge in [-0.1, -0.05) is 36.4 Å². The fraction of sp³-hybridized carbons (Fsp3) is 0.118. The number of nitrogens with one attached hydrogen (secondary N) is 1. The second kappa shape index (κ2) is 5.72. The van der Waals surface area contributed by atoms with Gasteiger partial charge in [-0.25, -0.2) is 4.98 Å². The van der Waals surface area contributed by atoms with Crippen LogP contribution in [0.25, 0.3) is 10.8 Å². The second-order valence-corrected chi connectivity index (χ2v) is 4.59. The molecule has 0 spiro atoms. The Hall–Kier alpha value is -2.39. The summed E-state index contributed by atoms with van der Waals surface area (Å²) in [6.45, 7) is 0.718. The van der Waals surface area contributed by atoms with Gasteiger partial charge in [0, 0.05) is 11.9 Å². The molecule has 100 valence electrons. The van der Waals surface area contributed by atoms with Gasteiger partial charge in [-0.15, -0.1) is 0 Å². The van der Waals surface area contributed by atoms with Crippen molar-refractivity contribution in [2.75, 3.05) is 7.05 Å². The molecule has 3 heteroatoms. The van der Waals surface area contributed by atoms with Gasteiger partial charge in [-0.3, -0.25) is 0 Å². The third-order valence-electron chi connectivity index (χ3n) is 3.07. The monoisotopic (exact) mass is 264 g/mol. The largest absolute Gasteiger partial charge is 0.438 e. The molecule has 2 aromatic carbocycles. The first-order valence-corrected chi connectivity index (χ1v) is 6.63. The lowest BCUT2D eigenvalue weighted by molar-refractivity contribution is 0.466. The van der Waals surface area contributed by atoms with Crippen LogP contribution in [0, 0.1) is 0 Å². The molecule has 20 heavy (non-hydrogen) atoms. The number of nitrogens with zero attached hydrogens (tertiary/aromatic N) is 1. The molecule has 0 atom stereocenters. The lowest BCUT2D eigenvalue weighted by atomic mass is 10.1. The Bertz CT molecular complexity index is 711. The van der Waals surface area contributed by atoms with Crippen molar-refractivity contribution in [3.8, 4) is 11.6 Å². The number of pyridine rings is 1. The van der Waals surface area contributed by atoms with Crippen LogP contribution in [0.1, 0.15) is 5.69 Å². The van der Waals surface area contributed by atoms with E-state index in [0.29, 0.717) is 5.88 Å². The van der Waals surface area contributed by atoms with Crippen molar-refractivity contribution in [1.82, 2.24) is 10.3 Å². The maximum atomic E-state index is 5.94. The molecule has 0 radical (unpaired) electrons. The van der Waals surface area contributed by atoms with Crippen molar-refractivity contribution in [1.29, 1.82) is 0 Å². The van der Waals surface area contributed by atoms with Crippen molar-refractivity contribution in [3.05, 3.63) is 66.4 Å². The Balaban J connectivity index is 2.07. The van der Waals surface area contributed by atoms with Gasteiger partial charge in [0.15, 0.2) is 0 Å². The minimum absolute atomic E-state index is 0.652. The van der Waals surface area contributed by atoms with E-state index in [1.54, 1.807) is 0 Å². The van der Waals surface area contributed by atoms with Gasteiger partial charge in [0.05, 0.1) is 5.69 Å². The molecule has 0 saturated carbocycles. The highest BCUT2D eigenvalue weighted by Gasteiger charge is 2.07. The second-order valence-electron chi connectivity index (χ2n) is 4.59. The first kappa shape index (κ1) is 12.6. The summed E-state index contributed by atoms with van der Waals surface area (Å²) in [5.41, 5.74) is 0.970. The first-order chi connectivity index (χ1) is 9.86. The van der Waals surface area contributed by atoms with Gasteiger partial charge in [0.2, 0.25) is 5.88 Å². The van der Waals surface area contributed by atoms with Crippen LogP contribution < -0.4 is 10.1 Å². The van der Waals surface area contributed by atoms with E-state index in [1.165, 1.54) is 0 Å². The van der Waals surface area contributed by atoms with Crippen LogP contribution in [0.15, 0.2) is 60.7 Å². The highest BCUT2D eigenvalue weighted by Crippen LogP contribution is 2.28. The van der Waals surface area contributed by atoms with Gasteiger partial charge in [-0.2, -0.15) is 0 Å². The Morgan fingerprint density at radius 3 is 2.55 bits per heavy atom. The van der Waals surface area contributed by atoms with E-state index in [0.717, 1.165) is 28.8 Å². The van der Waals surface area contributed by atoms with Crippen molar-refractivity contribution < 1.29 is 4.74 Å². The Morgan fingerprint density at radius 2 is 1.75 bits per heavy atom. The van der Waals surface area contributed by atoms with Crippen LogP contribution in [-0.2, 0) is 6.54 Å². The quantitative estimate of drug-likeness (QED) is 0.779. The number of rotatable bonds is 4. The number of benzene rings is 2. The molecular formula is C17H16N2O. The van der Waals surface area contributed by atoms with Crippen LogP contribution in [-0.4, -0.2) is 12.0 Å².